The Hall–Kier alpha value is -2.61. The number of ketones is 1. The lowest BCUT2D eigenvalue weighted by atomic mass is 10.0. The van der Waals surface area contributed by atoms with Gasteiger partial charge in [0.2, 0.25) is 0 Å². The Balaban J connectivity index is 1.49. The van der Waals surface area contributed by atoms with Crippen LogP contribution in [-0.4, -0.2) is 75.6 Å². The summed E-state index contributed by atoms with van der Waals surface area (Å²) < 4.78 is 21.6. The maximum absolute atomic E-state index is 12.6. The van der Waals surface area contributed by atoms with Gasteiger partial charge in [-0.15, -0.1) is 0 Å². The Kier molecular flexibility index (Phi) is 8.70. The second-order valence-electron chi connectivity index (χ2n) is 7.52. The summed E-state index contributed by atoms with van der Waals surface area (Å²) in [4.78, 5) is 14.8. The van der Waals surface area contributed by atoms with Crippen molar-refractivity contribution in [2.24, 2.45) is 0 Å². The molecule has 0 saturated carbocycles. The van der Waals surface area contributed by atoms with E-state index in [-0.39, 0.29) is 12.4 Å². The van der Waals surface area contributed by atoms with Gasteiger partial charge in [-0.25, -0.2) is 0 Å². The van der Waals surface area contributed by atoms with Crippen LogP contribution in [-0.2, 0) is 11.2 Å². The fraction of sp³-hybridized carbons (Fsp3) is 0.458. The first-order chi connectivity index (χ1) is 15.1. The number of β-amino-alcohol motifs (C(OH)–C–C–N with tert-alkyl or cyclic N) is 1. The topological polar surface area (TPSA) is 77.5 Å². The SMILES string of the molecule is COc1ccc(C(=O)CCc2cccc(OCC(O)CN3CCOCC3)c2)cc1OC. The molecule has 0 amide bonds. The number of rotatable bonds is 11. The van der Waals surface area contributed by atoms with Gasteiger partial charge >= 0.3 is 0 Å². The number of aryl methyl sites for hydroxylation is 1. The van der Waals surface area contributed by atoms with E-state index < -0.39 is 6.10 Å². The Bertz CT molecular complexity index is 850. The zero-order chi connectivity index (χ0) is 22.1. The van der Waals surface area contributed by atoms with E-state index in [2.05, 4.69) is 4.90 Å². The van der Waals surface area contributed by atoms with Crippen molar-refractivity contribution in [2.45, 2.75) is 18.9 Å². The van der Waals surface area contributed by atoms with Crippen LogP contribution in [0.3, 0.4) is 0 Å². The molecule has 1 atom stereocenters. The lowest BCUT2D eigenvalue weighted by Crippen LogP contribution is -2.42. The number of aliphatic hydroxyl groups is 1. The van der Waals surface area contributed by atoms with Crippen molar-refractivity contribution < 1.29 is 28.8 Å². The minimum absolute atomic E-state index is 0.0354. The van der Waals surface area contributed by atoms with E-state index in [0.717, 1.165) is 18.7 Å². The number of aliphatic hydroxyl groups excluding tert-OH is 1. The molecule has 0 bridgehead atoms. The van der Waals surface area contributed by atoms with Crippen molar-refractivity contribution >= 4 is 5.78 Å². The molecule has 31 heavy (non-hydrogen) atoms. The summed E-state index contributed by atoms with van der Waals surface area (Å²) in [6.45, 7) is 3.88. The van der Waals surface area contributed by atoms with Gasteiger partial charge < -0.3 is 24.1 Å². The van der Waals surface area contributed by atoms with Gasteiger partial charge in [-0.3, -0.25) is 9.69 Å². The average Bonchev–Trinajstić information content (AvgIpc) is 2.81. The molecule has 1 saturated heterocycles. The zero-order valence-corrected chi connectivity index (χ0v) is 18.2. The number of benzene rings is 2. The molecule has 7 heteroatoms. The minimum atomic E-state index is -0.562. The molecule has 0 aliphatic carbocycles. The highest BCUT2D eigenvalue weighted by atomic mass is 16.5. The monoisotopic (exact) mass is 429 g/mol. The molecule has 1 aliphatic heterocycles. The van der Waals surface area contributed by atoms with Gasteiger partial charge in [-0.05, 0) is 42.3 Å². The number of ether oxygens (including phenoxy) is 4. The molecule has 3 rings (SSSR count). The lowest BCUT2D eigenvalue weighted by molar-refractivity contribution is 0.00465. The van der Waals surface area contributed by atoms with Gasteiger partial charge in [-0.2, -0.15) is 0 Å². The van der Waals surface area contributed by atoms with E-state index >= 15 is 0 Å². The fourth-order valence-electron chi connectivity index (χ4n) is 3.53. The molecule has 2 aromatic carbocycles. The first kappa shape index (κ1) is 23.1. The first-order valence-corrected chi connectivity index (χ1v) is 10.5. The summed E-state index contributed by atoms with van der Waals surface area (Å²) in [5.41, 5.74) is 1.60. The summed E-state index contributed by atoms with van der Waals surface area (Å²) in [6.07, 6.45) is 0.410. The minimum Gasteiger partial charge on any atom is -0.493 e. The third-order valence-electron chi connectivity index (χ3n) is 5.26. The summed E-state index contributed by atoms with van der Waals surface area (Å²) >= 11 is 0. The number of hydrogen-bond donors (Lipinski definition) is 1. The van der Waals surface area contributed by atoms with Crippen molar-refractivity contribution in [3.05, 3.63) is 53.6 Å². The van der Waals surface area contributed by atoms with E-state index in [1.54, 1.807) is 32.4 Å². The normalized spacial score (nSPS) is 15.3. The number of carbonyl (C=O) groups is 1. The summed E-state index contributed by atoms with van der Waals surface area (Å²) in [5.74, 6) is 1.87. The molecule has 168 valence electrons. The zero-order valence-electron chi connectivity index (χ0n) is 18.2. The van der Waals surface area contributed by atoms with E-state index in [0.29, 0.717) is 55.4 Å². The summed E-state index contributed by atoms with van der Waals surface area (Å²) in [6, 6.07) is 12.8. The number of methoxy groups -OCH3 is 2. The van der Waals surface area contributed by atoms with Crippen LogP contribution >= 0.6 is 0 Å². The molecule has 1 N–H and O–H groups in total. The first-order valence-electron chi connectivity index (χ1n) is 10.5. The van der Waals surface area contributed by atoms with Crippen LogP contribution in [0.4, 0.5) is 0 Å². The standard InChI is InChI=1S/C24H31NO6/c1-28-23-9-7-19(15-24(23)29-2)22(27)8-6-18-4-3-5-21(14-18)31-17-20(26)16-25-10-12-30-13-11-25/h3-5,7,9,14-15,20,26H,6,8,10-13,16-17H2,1-2H3. The lowest BCUT2D eigenvalue weighted by Gasteiger charge is -2.28. The number of hydrogen-bond acceptors (Lipinski definition) is 7. The quantitative estimate of drug-likeness (QED) is 0.550. The Morgan fingerprint density at radius 3 is 2.61 bits per heavy atom. The van der Waals surface area contributed by atoms with Gasteiger partial charge in [0.1, 0.15) is 18.5 Å². The molecule has 1 unspecified atom stereocenters. The van der Waals surface area contributed by atoms with Crippen LogP contribution in [0.5, 0.6) is 17.2 Å². The third kappa shape index (κ3) is 6.95. The fourth-order valence-corrected chi connectivity index (χ4v) is 3.53. The predicted molar refractivity (Wildman–Crippen MR) is 117 cm³/mol. The van der Waals surface area contributed by atoms with E-state index in [9.17, 15) is 9.90 Å². The second-order valence-corrected chi connectivity index (χ2v) is 7.52. The highest BCUT2D eigenvalue weighted by Gasteiger charge is 2.15. The van der Waals surface area contributed by atoms with Gasteiger partial charge in [-0.1, -0.05) is 12.1 Å². The van der Waals surface area contributed by atoms with Gasteiger partial charge in [0.15, 0.2) is 17.3 Å². The predicted octanol–water partition coefficient (Wildman–Crippen LogP) is 2.59. The van der Waals surface area contributed by atoms with E-state index in [1.807, 2.05) is 24.3 Å². The van der Waals surface area contributed by atoms with Crippen LogP contribution in [0.15, 0.2) is 42.5 Å². The van der Waals surface area contributed by atoms with Crippen LogP contribution in [0.25, 0.3) is 0 Å². The van der Waals surface area contributed by atoms with Crippen molar-refractivity contribution in [1.82, 2.24) is 4.90 Å². The van der Waals surface area contributed by atoms with E-state index in [1.165, 1.54) is 0 Å². The Morgan fingerprint density at radius 2 is 1.87 bits per heavy atom. The largest absolute Gasteiger partial charge is 0.493 e. The molecule has 0 spiro atoms. The number of Topliss-reactive ketones (excluding diaryl/α,β-unsaturated/α-hetero) is 1. The third-order valence-corrected chi connectivity index (χ3v) is 5.26. The van der Waals surface area contributed by atoms with E-state index in [4.69, 9.17) is 18.9 Å². The molecule has 1 fully saturated rings. The van der Waals surface area contributed by atoms with Crippen molar-refractivity contribution in [3.63, 3.8) is 0 Å². The highest BCUT2D eigenvalue weighted by molar-refractivity contribution is 5.96. The van der Waals surface area contributed by atoms with Gasteiger partial charge in [0, 0.05) is 31.6 Å². The van der Waals surface area contributed by atoms with Crippen LogP contribution in [0.1, 0.15) is 22.3 Å². The maximum atomic E-state index is 12.6. The number of carbonyl (C=O) groups excluding carboxylic acids is 1. The molecule has 0 radical (unpaired) electrons. The highest BCUT2D eigenvalue weighted by Crippen LogP contribution is 2.28. The van der Waals surface area contributed by atoms with Crippen LogP contribution in [0.2, 0.25) is 0 Å². The van der Waals surface area contributed by atoms with Crippen molar-refractivity contribution in [2.75, 3.05) is 53.7 Å². The summed E-state index contributed by atoms with van der Waals surface area (Å²) in [7, 11) is 3.12. The number of morpholine rings is 1. The molecular formula is C24H31NO6. The molecular weight excluding hydrogens is 398 g/mol. The van der Waals surface area contributed by atoms with Crippen molar-refractivity contribution in [1.29, 1.82) is 0 Å². The van der Waals surface area contributed by atoms with Crippen LogP contribution < -0.4 is 14.2 Å². The molecule has 2 aromatic rings. The Labute approximate surface area is 183 Å². The molecule has 0 aromatic heterocycles. The second kappa shape index (κ2) is 11.7. The maximum Gasteiger partial charge on any atom is 0.163 e. The smallest absolute Gasteiger partial charge is 0.163 e. The summed E-state index contributed by atoms with van der Waals surface area (Å²) in [5, 5.41) is 10.2. The molecule has 1 heterocycles. The number of nitrogens with zero attached hydrogens (tertiary/aromatic N) is 1. The van der Waals surface area contributed by atoms with Crippen molar-refractivity contribution in [3.8, 4) is 17.2 Å². The molecule has 1 aliphatic rings. The Morgan fingerprint density at radius 1 is 1.10 bits per heavy atom. The van der Waals surface area contributed by atoms with Crippen LogP contribution in [0, 0.1) is 0 Å². The van der Waals surface area contributed by atoms with Gasteiger partial charge in [0.25, 0.3) is 0 Å². The average molecular weight is 430 g/mol. The van der Waals surface area contributed by atoms with Gasteiger partial charge in [0.05, 0.1) is 27.4 Å². The molecule has 7 nitrogen and oxygen atoms in total.